The van der Waals surface area contributed by atoms with Crippen molar-refractivity contribution in [2.24, 2.45) is 0 Å². The number of benzene rings is 3. The van der Waals surface area contributed by atoms with Crippen molar-refractivity contribution in [1.82, 2.24) is 10.2 Å². The highest BCUT2D eigenvalue weighted by Crippen LogP contribution is 2.25. The summed E-state index contributed by atoms with van der Waals surface area (Å²) >= 11 is 0. The molecular formula is C24H24N2O2. The van der Waals surface area contributed by atoms with E-state index in [2.05, 4.69) is 29.6 Å². The van der Waals surface area contributed by atoms with E-state index in [1.807, 2.05) is 47.4 Å². The van der Waals surface area contributed by atoms with E-state index < -0.39 is 0 Å². The van der Waals surface area contributed by atoms with Crippen molar-refractivity contribution in [3.63, 3.8) is 0 Å². The maximum atomic E-state index is 12.8. The molecule has 1 aliphatic heterocycles. The average molecular weight is 372 g/mol. The number of phenolic OH excluding ortho intramolecular Hbond substituents is 1. The van der Waals surface area contributed by atoms with Crippen molar-refractivity contribution >= 4 is 6.03 Å². The summed E-state index contributed by atoms with van der Waals surface area (Å²) in [4.78, 5) is 14.6. The number of aromatic hydroxyl groups is 1. The minimum absolute atomic E-state index is 0.0640. The molecule has 4 rings (SSSR count). The normalized spacial score (nSPS) is 13.2. The number of hydrogen-bond donors (Lipinski definition) is 2. The molecule has 4 nitrogen and oxygen atoms in total. The minimum atomic E-state index is -0.0640. The predicted octanol–water partition coefficient (Wildman–Crippen LogP) is 4.29. The number of nitrogens with one attached hydrogen (secondary N) is 1. The summed E-state index contributed by atoms with van der Waals surface area (Å²) in [6.07, 6.45) is 0.809. The Labute approximate surface area is 165 Å². The molecule has 4 heteroatoms. The van der Waals surface area contributed by atoms with Gasteiger partial charge in [0.2, 0.25) is 0 Å². The fourth-order valence-electron chi connectivity index (χ4n) is 3.82. The Bertz CT molecular complexity index is 902. The molecule has 142 valence electrons. The lowest BCUT2D eigenvalue weighted by Crippen LogP contribution is -2.44. The number of fused-ring (bicyclic) bond motifs is 1. The van der Waals surface area contributed by atoms with Crippen molar-refractivity contribution in [3.8, 4) is 5.75 Å². The van der Waals surface area contributed by atoms with Crippen LogP contribution in [0.25, 0.3) is 0 Å². The first-order valence-electron chi connectivity index (χ1n) is 9.64. The number of carbonyl (C=O) groups excluding carboxylic acids is 1. The van der Waals surface area contributed by atoms with Gasteiger partial charge in [0.15, 0.2) is 0 Å². The van der Waals surface area contributed by atoms with E-state index in [-0.39, 0.29) is 17.7 Å². The highest BCUT2D eigenvalue weighted by Gasteiger charge is 2.22. The number of carbonyl (C=O) groups is 1. The summed E-state index contributed by atoms with van der Waals surface area (Å²) in [5.74, 6) is 0.349. The van der Waals surface area contributed by atoms with Crippen LogP contribution >= 0.6 is 0 Å². The van der Waals surface area contributed by atoms with Gasteiger partial charge in [0.1, 0.15) is 5.75 Å². The van der Waals surface area contributed by atoms with E-state index in [4.69, 9.17) is 0 Å². The second-order valence-corrected chi connectivity index (χ2v) is 7.18. The molecule has 2 N–H and O–H groups in total. The Morgan fingerprint density at radius 1 is 0.929 bits per heavy atom. The lowest BCUT2D eigenvalue weighted by Gasteiger charge is -2.30. The zero-order valence-corrected chi connectivity index (χ0v) is 15.7. The van der Waals surface area contributed by atoms with Crippen LogP contribution in [0, 0.1) is 0 Å². The summed E-state index contributed by atoms with van der Waals surface area (Å²) in [6.45, 7) is 1.75. The number of amides is 2. The van der Waals surface area contributed by atoms with E-state index in [0.717, 1.165) is 12.0 Å². The van der Waals surface area contributed by atoms with E-state index in [1.54, 1.807) is 12.1 Å². The number of rotatable bonds is 4. The third kappa shape index (κ3) is 4.01. The molecule has 0 aliphatic carbocycles. The van der Waals surface area contributed by atoms with E-state index >= 15 is 0 Å². The maximum Gasteiger partial charge on any atom is 0.317 e. The Morgan fingerprint density at radius 3 is 2.21 bits per heavy atom. The Hall–Kier alpha value is -3.27. The summed E-state index contributed by atoms with van der Waals surface area (Å²) in [6, 6.07) is 25.9. The fraction of sp³-hybridized carbons (Fsp3) is 0.208. The van der Waals surface area contributed by atoms with Crippen LogP contribution in [-0.4, -0.2) is 29.1 Å². The van der Waals surface area contributed by atoms with Crippen LogP contribution in [0.3, 0.4) is 0 Å². The van der Waals surface area contributed by atoms with Crippen LogP contribution in [0.15, 0.2) is 78.9 Å². The molecule has 0 spiro atoms. The molecule has 0 radical (unpaired) electrons. The second kappa shape index (κ2) is 8.17. The monoisotopic (exact) mass is 372 g/mol. The van der Waals surface area contributed by atoms with Crippen molar-refractivity contribution in [2.45, 2.75) is 18.9 Å². The molecule has 2 amide bonds. The number of phenols is 1. The van der Waals surface area contributed by atoms with E-state index in [0.29, 0.717) is 19.6 Å². The molecule has 3 aromatic rings. The van der Waals surface area contributed by atoms with Crippen LogP contribution < -0.4 is 5.32 Å². The standard InChI is InChI=1S/C24H24N2O2/c27-22-12-11-18-13-14-26(17-21(18)15-22)24(28)25-16-23(19-7-3-1-4-8-19)20-9-5-2-6-10-20/h1-12,15,23,27H,13-14,16-17H2,(H,25,28). The number of hydrogen-bond acceptors (Lipinski definition) is 2. The maximum absolute atomic E-state index is 12.8. The molecular weight excluding hydrogens is 348 g/mol. The summed E-state index contributed by atoms with van der Waals surface area (Å²) in [5, 5.41) is 12.8. The first-order chi connectivity index (χ1) is 13.7. The van der Waals surface area contributed by atoms with Gasteiger partial charge in [0, 0.05) is 25.6 Å². The van der Waals surface area contributed by atoms with Crippen molar-refractivity contribution in [1.29, 1.82) is 0 Å². The smallest absolute Gasteiger partial charge is 0.317 e. The van der Waals surface area contributed by atoms with Gasteiger partial charge in [-0.1, -0.05) is 66.7 Å². The van der Waals surface area contributed by atoms with Gasteiger partial charge in [-0.3, -0.25) is 0 Å². The van der Waals surface area contributed by atoms with Gasteiger partial charge < -0.3 is 15.3 Å². The Kier molecular flexibility index (Phi) is 5.29. The molecule has 0 saturated heterocycles. The van der Waals surface area contributed by atoms with Crippen molar-refractivity contribution in [2.75, 3.05) is 13.1 Å². The molecule has 0 aromatic heterocycles. The summed E-state index contributed by atoms with van der Waals surface area (Å²) in [7, 11) is 0. The lowest BCUT2D eigenvalue weighted by molar-refractivity contribution is 0.192. The van der Waals surface area contributed by atoms with E-state index in [1.165, 1.54) is 16.7 Å². The molecule has 3 aromatic carbocycles. The molecule has 1 heterocycles. The van der Waals surface area contributed by atoms with Gasteiger partial charge in [-0.15, -0.1) is 0 Å². The average Bonchev–Trinajstić information content (AvgIpc) is 2.74. The molecule has 1 aliphatic rings. The third-order valence-corrected chi connectivity index (χ3v) is 5.35. The second-order valence-electron chi connectivity index (χ2n) is 7.18. The molecule has 0 unspecified atom stereocenters. The Morgan fingerprint density at radius 2 is 1.57 bits per heavy atom. The molecule has 28 heavy (non-hydrogen) atoms. The summed E-state index contributed by atoms with van der Waals surface area (Å²) < 4.78 is 0. The van der Waals surface area contributed by atoms with Gasteiger partial charge in [0.25, 0.3) is 0 Å². The van der Waals surface area contributed by atoms with Gasteiger partial charge in [-0.2, -0.15) is 0 Å². The number of nitrogens with zero attached hydrogens (tertiary/aromatic N) is 1. The van der Waals surface area contributed by atoms with Crippen LogP contribution in [-0.2, 0) is 13.0 Å². The van der Waals surface area contributed by atoms with Gasteiger partial charge >= 0.3 is 6.03 Å². The van der Waals surface area contributed by atoms with Crippen molar-refractivity contribution in [3.05, 3.63) is 101 Å². The SMILES string of the molecule is O=C(NCC(c1ccccc1)c1ccccc1)N1CCc2ccc(O)cc2C1. The van der Waals surface area contributed by atoms with Crippen LogP contribution in [0.1, 0.15) is 28.2 Å². The van der Waals surface area contributed by atoms with Gasteiger partial charge in [0.05, 0.1) is 0 Å². The molecule has 0 fully saturated rings. The highest BCUT2D eigenvalue weighted by atomic mass is 16.3. The lowest BCUT2D eigenvalue weighted by atomic mass is 9.91. The minimum Gasteiger partial charge on any atom is -0.508 e. The van der Waals surface area contributed by atoms with Gasteiger partial charge in [-0.25, -0.2) is 4.79 Å². The predicted molar refractivity (Wildman–Crippen MR) is 110 cm³/mol. The number of urea groups is 1. The molecule has 0 bridgehead atoms. The largest absolute Gasteiger partial charge is 0.508 e. The van der Waals surface area contributed by atoms with Crippen LogP contribution in [0.2, 0.25) is 0 Å². The fourth-order valence-corrected chi connectivity index (χ4v) is 3.82. The summed E-state index contributed by atoms with van der Waals surface area (Å²) in [5.41, 5.74) is 4.59. The quantitative estimate of drug-likeness (QED) is 0.718. The molecule has 0 saturated carbocycles. The zero-order valence-electron chi connectivity index (χ0n) is 15.7. The van der Waals surface area contributed by atoms with E-state index in [9.17, 15) is 9.90 Å². The molecule has 0 atom stereocenters. The van der Waals surface area contributed by atoms with Crippen LogP contribution in [0.4, 0.5) is 4.79 Å². The zero-order chi connectivity index (χ0) is 19.3. The first-order valence-corrected chi connectivity index (χ1v) is 9.64. The first kappa shape index (κ1) is 18.1. The third-order valence-electron chi connectivity index (χ3n) is 5.35. The Balaban J connectivity index is 1.46. The highest BCUT2D eigenvalue weighted by molar-refractivity contribution is 5.74. The van der Waals surface area contributed by atoms with Gasteiger partial charge in [-0.05, 0) is 40.8 Å². The van der Waals surface area contributed by atoms with Crippen LogP contribution in [0.5, 0.6) is 5.75 Å². The van der Waals surface area contributed by atoms with Crippen molar-refractivity contribution < 1.29 is 9.90 Å². The topological polar surface area (TPSA) is 52.6 Å².